The van der Waals surface area contributed by atoms with Crippen molar-refractivity contribution in [3.63, 3.8) is 0 Å². The molecule has 1 aromatic heterocycles. The Morgan fingerprint density at radius 1 is 1.32 bits per heavy atom. The first-order chi connectivity index (χ1) is 10.7. The molecular weight excluding hydrogens is 294 g/mol. The molecule has 0 amide bonds. The van der Waals surface area contributed by atoms with E-state index in [1.807, 2.05) is 29.7 Å². The second-order valence-corrected chi connectivity index (χ2v) is 5.68. The third-order valence-corrected chi connectivity index (χ3v) is 3.95. The van der Waals surface area contributed by atoms with Crippen molar-refractivity contribution in [3.8, 4) is 22.9 Å². The third-order valence-electron chi connectivity index (χ3n) is 3.13. The molecule has 2 aromatic rings. The molecule has 0 radical (unpaired) electrons. The van der Waals surface area contributed by atoms with Gasteiger partial charge in [0.15, 0.2) is 0 Å². The second kappa shape index (κ2) is 8.16. The number of rotatable bonds is 6. The average Bonchev–Trinajstić information content (AvgIpc) is 3.01. The van der Waals surface area contributed by atoms with Crippen LogP contribution in [-0.2, 0) is 4.79 Å². The fourth-order valence-corrected chi connectivity index (χ4v) is 2.68. The van der Waals surface area contributed by atoms with Crippen molar-refractivity contribution in [2.75, 3.05) is 0 Å². The Bertz CT molecular complexity index is 693. The van der Waals surface area contributed by atoms with Crippen LogP contribution in [0.3, 0.4) is 0 Å². The van der Waals surface area contributed by atoms with Crippen LogP contribution in [0.15, 0.2) is 47.9 Å². The zero-order valence-electron chi connectivity index (χ0n) is 12.4. The minimum Gasteiger partial charge on any atom is -0.423 e. The highest BCUT2D eigenvalue weighted by molar-refractivity contribution is 7.11. The highest BCUT2D eigenvalue weighted by atomic mass is 32.1. The summed E-state index contributed by atoms with van der Waals surface area (Å²) in [5.41, 5.74) is 1.85. The summed E-state index contributed by atoms with van der Waals surface area (Å²) in [6.45, 7) is 2.11. The van der Waals surface area contributed by atoms with Crippen molar-refractivity contribution in [1.29, 1.82) is 5.26 Å². The zero-order chi connectivity index (χ0) is 15.8. The Labute approximate surface area is 134 Å². The van der Waals surface area contributed by atoms with Crippen LogP contribution in [0.25, 0.3) is 11.1 Å². The molecule has 0 aliphatic heterocycles. The third kappa shape index (κ3) is 4.31. The summed E-state index contributed by atoms with van der Waals surface area (Å²) in [6.07, 6.45) is 6.37. The largest absolute Gasteiger partial charge is 0.423 e. The van der Waals surface area contributed by atoms with Gasteiger partial charge < -0.3 is 4.74 Å². The lowest BCUT2D eigenvalue weighted by Gasteiger charge is -2.03. The highest BCUT2D eigenvalue weighted by Gasteiger charge is 2.07. The number of allylic oxidation sites excluding steroid dienone is 1. The maximum absolute atomic E-state index is 11.6. The molecule has 0 spiro atoms. The van der Waals surface area contributed by atoms with E-state index < -0.39 is 0 Å². The summed E-state index contributed by atoms with van der Waals surface area (Å²) < 4.78 is 5.24. The normalized spacial score (nSPS) is 10.5. The van der Waals surface area contributed by atoms with E-state index in [9.17, 15) is 4.79 Å². The van der Waals surface area contributed by atoms with Crippen molar-refractivity contribution in [2.24, 2.45) is 0 Å². The van der Waals surface area contributed by atoms with E-state index >= 15 is 0 Å². The predicted molar refractivity (Wildman–Crippen MR) is 88.8 cm³/mol. The number of carbonyl (C=O) groups excluding carboxylic acids is 1. The van der Waals surface area contributed by atoms with E-state index in [0.29, 0.717) is 10.6 Å². The topological polar surface area (TPSA) is 50.1 Å². The molecule has 22 heavy (non-hydrogen) atoms. The van der Waals surface area contributed by atoms with E-state index in [4.69, 9.17) is 10.00 Å². The molecule has 1 heterocycles. The molecule has 112 valence electrons. The summed E-state index contributed by atoms with van der Waals surface area (Å²) in [7, 11) is 0. The lowest BCUT2D eigenvalue weighted by atomic mass is 10.1. The molecule has 2 rings (SSSR count). The minimum atomic E-state index is -0.364. The van der Waals surface area contributed by atoms with E-state index in [1.165, 1.54) is 17.4 Å². The Hall–Kier alpha value is -2.38. The number of hydrogen-bond donors (Lipinski definition) is 0. The number of nitriles is 1. The smallest absolute Gasteiger partial charge is 0.335 e. The molecule has 4 heteroatoms. The quantitative estimate of drug-likeness (QED) is 0.328. The summed E-state index contributed by atoms with van der Waals surface area (Å²) in [6, 6.07) is 11.3. The van der Waals surface area contributed by atoms with E-state index in [-0.39, 0.29) is 5.97 Å². The molecule has 0 atom stereocenters. The van der Waals surface area contributed by atoms with Crippen LogP contribution in [0.2, 0.25) is 0 Å². The molecule has 0 unspecified atom stereocenters. The first-order valence-corrected chi connectivity index (χ1v) is 8.09. The van der Waals surface area contributed by atoms with Crippen LogP contribution in [0, 0.1) is 11.3 Å². The molecule has 0 aliphatic rings. The Kier molecular flexibility index (Phi) is 5.93. The van der Waals surface area contributed by atoms with Gasteiger partial charge in [0.25, 0.3) is 0 Å². The SMILES string of the molecule is CCCC/C=C/C(=O)Oc1ccc(-c2ccsc2C#N)cc1. The molecule has 0 saturated heterocycles. The summed E-state index contributed by atoms with van der Waals surface area (Å²) >= 11 is 1.42. The van der Waals surface area contributed by atoms with E-state index in [1.54, 1.807) is 12.1 Å². The summed E-state index contributed by atoms with van der Waals surface area (Å²) in [4.78, 5) is 12.3. The molecule has 0 saturated carbocycles. The lowest BCUT2D eigenvalue weighted by Crippen LogP contribution is -2.03. The Morgan fingerprint density at radius 3 is 2.77 bits per heavy atom. The van der Waals surface area contributed by atoms with Crippen LogP contribution < -0.4 is 4.74 Å². The van der Waals surface area contributed by atoms with Gasteiger partial charge in [0.05, 0.1) is 0 Å². The van der Waals surface area contributed by atoms with Crippen molar-refractivity contribution in [3.05, 3.63) is 52.7 Å². The number of ether oxygens (including phenoxy) is 1. The van der Waals surface area contributed by atoms with Crippen molar-refractivity contribution in [2.45, 2.75) is 26.2 Å². The Balaban J connectivity index is 1.99. The van der Waals surface area contributed by atoms with Gasteiger partial charge in [-0.05, 0) is 35.6 Å². The second-order valence-electron chi connectivity index (χ2n) is 4.77. The minimum absolute atomic E-state index is 0.364. The standard InChI is InChI=1S/C18H17NO2S/c1-2-3-4-5-6-18(20)21-15-9-7-14(8-10-15)16-11-12-22-17(16)13-19/h5-12H,2-4H2,1H3/b6-5+. The first kappa shape index (κ1) is 16.0. The maximum Gasteiger partial charge on any atom is 0.335 e. The fraction of sp³-hybridized carbons (Fsp3) is 0.222. The zero-order valence-corrected chi connectivity index (χ0v) is 13.2. The fourth-order valence-electron chi connectivity index (χ4n) is 1.98. The summed E-state index contributed by atoms with van der Waals surface area (Å²) in [5, 5.41) is 10.9. The van der Waals surface area contributed by atoms with Crippen LogP contribution in [0.4, 0.5) is 0 Å². The van der Waals surface area contributed by atoms with Crippen LogP contribution in [0.1, 0.15) is 31.1 Å². The molecule has 0 N–H and O–H groups in total. The number of unbranched alkanes of at least 4 members (excludes halogenated alkanes) is 2. The van der Waals surface area contributed by atoms with Gasteiger partial charge in [0.1, 0.15) is 16.7 Å². The lowest BCUT2D eigenvalue weighted by molar-refractivity contribution is -0.129. The molecule has 0 fully saturated rings. The van der Waals surface area contributed by atoms with Crippen molar-refractivity contribution < 1.29 is 9.53 Å². The van der Waals surface area contributed by atoms with Gasteiger partial charge in [0.2, 0.25) is 0 Å². The van der Waals surface area contributed by atoms with Gasteiger partial charge in [-0.1, -0.05) is 38.0 Å². The molecule has 0 bridgehead atoms. The van der Waals surface area contributed by atoms with Crippen LogP contribution >= 0.6 is 11.3 Å². The number of nitrogens with zero attached hydrogens (tertiary/aromatic N) is 1. The molecule has 0 aliphatic carbocycles. The molecule has 3 nitrogen and oxygen atoms in total. The van der Waals surface area contributed by atoms with Gasteiger partial charge in [-0.15, -0.1) is 11.3 Å². The number of hydrogen-bond acceptors (Lipinski definition) is 4. The Morgan fingerprint density at radius 2 is 2.09 bits per heavy atom. The van der Waals surface area contributed by atoms with Crippen LogP contribution in [-0.4, -0.2) is 5.97 Å². The van der Waals surface area contributed by atoms with Crippen LogP contribution in [0.5, 0.6) is 5.75 Å². The number of esters is 1. The molecular formula is C18H17NO2S. The van der Waals surface area contributed by atoms with Gasteiger partial charge >= 0.3 is 5.97 Å². The van der Waals surface area contributed by atoms with Gasteiger partial charge in [-0.3, -0.25) is 0 Å². The number of thiophene rings is 1. The van der Waals surface area contributed by atoms with E-state index in [0.717, 1.165) is 30.4 Å². The van der Waals surface area contributed by atoms with E-state index in [2.05, 4.69) is 13.0 Å². The van der Waals surface area contributed by atoms with Gasteiger partial charge in [0, 0.05) is 11.6 Å². The molecule has 1 aromatic carbocycles. The van der Waals surface area contributed by atoms with Gasteiger partial charge in [-0.2, -0.15) is 5.26 Å². The number of carbonyl (C=O) groups is 1. The monoisotopic (exact) mass is 311 g/mol. The average molecular weight is 311 g/mol. The van der Waals surface area contributed by atoms with Crippen molar-refractivity contribution >= 4 is 17.3 Å². The predicted octanol–water partition coefficient (Wildman–Crippen LogP) is 4.94. The first-order valence-electron chi connectivity index (χ1n) is 7.21. The van der Waals surface area contributed by atoms with Crippen molar-refractivity contribution in [1.82, 2.24) is 0 Å². The summed E-state index contributed by atoms with van der Waals surface area (Å²) in [5.74, 6) is 0.139. The number of benzene rings is 1. The van der Waals surface area contributed by atoms with Gasteiger partial charge in [-0.25, -0.2) is 4.79 Å². The maximum atomic E-state index is 11.6. The highest BCUT2D eigenvalue weighted by Crippen LogP contribution is 2.28.